The molecule has 0 saturated carbocycles. The fourth-order valence-electron chi connectivity index (χ4n) is 2.94. The highest BCUT2D eigenvalue weighted by molar-refractivity contribution is 5.69. The molecule has 2 saturated heterocycles. The largest absolute Gasteiger partial charge is 0.444 e. The molecule has 2 N–H and O–H groups in total. The van der Waals surface area contributed by atoms with E-state index in [0.717, 1.165) is 19.4 Å². The van der Waals surface area contributed by atoms with Gasteiger partial charge in [-0.1, -0.05) is 0 Å². The zero-order chi connectivity index (χ0) is 19.2. The first-order chi connectivity index (χ1) is 12.2. The number of aromatic nitrogens is 2. The molecule has 3 rings (SSSR count). The number of nitrogens with one attached hydrogen (secondary N) is 1. The van der Waals surface area contributed by atoms with Crippen LogP contribution in [0.4, 0.5) is 4.79 Å². The summed E-state index contributed by atoms with van der Waals surface area (Å²) >= 11 is 0. The Balaban J connectivity index is 0.000000209. The van der Waals surface area contributed by atoms with Crippen LogP contribution in [0.5, 0.6) is 0 Å². The van der Waals surface area contributed by atoms with E-state index in [1.807, 2.05) is 20.8 Å². The van der Waals surface area contributed by atoms with Crippen molar-refractivity contribution >= 4 is 6.09 Å². The summed E-state index contributed by atoms with van der Waals surface area (Å²) in [6.45, 7) is 9.28. The van der Waals surface area contributed by atoms with Gasteiger partial charge < -0.3 is 14.6 Å². The van der Waals surface area contributed by atoms with Crippen molar-refractivity contribution in [1.82, 2.24) is 20.2 Å². The zero-order valence-corrected chi connectivity index (χ0v) is 16.1. The third-order valence-corrected chi connectivity index (χ3v) is 4.00. The summed E-state index contributed by atoms with van der Waals surface area (Å²) in [5.41, 5.74) is -0.908. The molecule has 146 valence electrons. The van der Waals surface area contributed by atoms with Crippen LogP contribution >= 0.6 is 0 Å². The van der Waals surface area contributed by atoms with Gasteiger partial charge in [-0.25, -0.2) is 14.8 Å². The van der Waals surface area contributed by atoms with E-state index in [1.54, 1.807) is 30.3 Å². The maximum absolute atomic E-state index is 12.0. The van der Waals surface area contributed by atoms with Gasteiger partial charge in [0.05, 0.1) is 12.8 Å². The molecule has 1 aromatic heterocycles. The summed E-state index contributed by atoms with van der Waals surface area (Å²) in [4.78, 5) is 21.6. The molecule has 3 heterocycles. The predicted molar refractivity (Wildman–Crippen MR) is 96.3 cm³/mol. The molecule has 2 aliphatic heterocycles. The molecule has 2 atom stereocenters. The Bertz CT molecular complexity index is 563. The van der Waals surface area contributed by atoms with Crippen molar-refractivity contribution in [3.63, 3.8) is 0 Å². The maximum Gasteiger partial charge on any atom is 0.412 e. The van der Waals surface area contributed by atoms with Gasteiger partial charge in [0.25, 0.3) is 0 Å². The van der Waals surface area contributed by atoms with E-state index in [2.05, 4.69) is 15.3 Å². The van der Waals surface area contributed by atoms with Gasteiger partial charge in [0.1, 0.15) is 11.4 Å². The molecule has 1 spiro atoms. The topological polar surface area (TPSA) is 96.8 Å². The second-order valence-corrected chi connectivity index (χ2v) is 7.62. The fraction of sp³-hybridized carbons (Fsp3) is 0.722. The lowest BCUT2D eigenvalue weighted by molar-refractivity contribution is -0.0908. The number of aliphatic hydroxyl groups excluding tert-OH is 1. The smallest absolute Gasteiger partial charge is 0.412 e. The van der Waals surface area contributed by atoms with Gasteiger partial charge in [-0.15, -0.1) is 0 Å². The van der Waals surface area contributed by atoms with Crippen LogP contribution < -0.4 is 5.32 Å². The fourth-order valence-corrected chi connectivity index (χ4v) is 2.94. The van der Waals surface area contributed by atoms with E-state index in [0.29, 0.717) is 25.5 Å². The first kappa shape index (κ1) is 20.5. The molecular formula is C18H30N4O4. The molecule has 1 amide bonds. The van der Waals surface area contributed by atoms with Crippen LogP contribution in [-0.4, -0.2) is 63.3 Å². The summed E-state index contributed by atoms with van der Waals surface area (Å²) in [5, 5.41) is 12.1. The summed E-state index contributed by atoms with van der Waals surface area (Å²) in [6, 6.07) is 1.76. The Morgan fingerprint density at radius 1 is 1.46 bits per heavy atom. The van der Waals surface area contributed by atoms with Gasteiger partial charge in [0, 0.05) is 31.9 Å². The number of aliphatic hydroxyl groups is 1. The normalized spacial score (nSPS) is 23.5. The first-order valence-corrected chi connectivity index (χ1v) is 9.01. The van der Waals surface area contributed by atoms with E-state index in [4.69, 9.17) is 14.6 Å². The molecule has 0 bridgehead atoms. The Morgan fingerprint density at radius 3 is 2.69 bits per heavy atom. The van der Waals surface area contributed by atoms with Crippen molar-refractivity contribution in [2.75, 3.05) is 19.8 Å². The van der Waals surface area contributed by atoms with Gasteiger partial charge in [-0.3, -0.25) is 10.2 Å². The Labute approximate surface area is 154 Å². The summed E-state index contributed by atoms with van der Waals surface area (Å²) in [6.07, 6.45) is 5.10. The second-order valence-electron chi connectivity index (χ2n) is 7.62. The lowest BCUT2D eigenvalue weighted by Gasteiger charge is -2.34. The number of carbonyl (C=O) groups excluding carboxylic acids is 1. The predicted octanol–water partition coefficient (Wildman–Crippen LogP) is 1.69. The molecule has 0 aromatic carbocycles. The third kappa shape index (κ3) is 5.89. The highest BCUT2D eigenvalue weighted by Crippen LogP contribution is 2.33. The molecule has 2 fully saturated rings. The lowest BCUT2D eigenvalue weighted by Crippen LogP contribution is -2.51. The molecule has 8 heteroatoms. The number of rotatable bonds is 2. The number of nitrogens with zero attached hydrogens (tertiary/aromatic N) is 3. The van der Waals surface area contributed by atoms with E-state index >= 15 is 0 Å². The van der Waals surface area contributed by atoms with E-state index in [1.165, 1.54) is 0 Å². The van der Waals surface area contributed by atoms with Crippen molar-refractivity contribution in [3.05, 3.63) is 24.3 Å². The monoisotopic (exact) mass is 366 g/mol. The number of hydrogen-bond donors (Lipinski definition) is 2. The van der Waals surface area contributed by atoms with Crippen LogP contribution in [0.15, 0.2) is 18.5 Å². The van der Waals surface area contributed by atoms with Crippen LogP contribution in [0.2, 0.25) is 0 Å². The quantitative estimate of drug-likeness (QED) is 0.822. The molecule has 2 unspecified atom stereocenters. The molecular weight excluding hydrogens is 336 g/mol. The molecule has 26 heavy (non-hydrogen) atoms. The molecule has 8 nitrogen and oxygen atoms in total. The van der Waals surface area contributed by atoms with Crippen LogP contribution in [0, 0.1) is 0 Å². The van der Waals surface area contributed by atoms with Gasteiger partial charge in [0.2, 0.25) is 0 Å². The van der Waals surface area contributed by atoms with Crippen LogP contribution in [-0.2, 0) is 15.9 Å². The van der Waals surface area contributed by atoms with Crippen LogP contribution in [0.25, 0.3) is 0 Å². The molecule has 0 aliphatic carbocycles. The Morgan fingerprint density at radius 2 is 2.15 bits per heavy atom. The lowest BCUT2D eigenvalue weighted by atomic mass is 10.1. The third-order valence-electron chi connectivity index (χ3n) is 4.00. The number of hydrogen-bond acceptors (Lipinski definition) is 7. The summed E-state index contributed by atoms with van der Waals surface area (Å²) in [5.74, 6) is 0.692. The maximum atomic E-state index is 12.0. The van der Waals surface area contributed by atoms with Gasteiger partial charge in [0.15, 0.2) is 5.72 Å². The first-order valence-electron chi connectivity index (χ1n) is 9.01. The second kappa shape index (κ2) is 8.75. The minimum absolute atomic E-state index is 0.270. The van der Waals surface area contributed by atoms with Crippen molar-refractivity contribution in [2.24, 2.45) is 0 Å². The SMILES string of the molecule is CC(C)(C)OC(=O)N1CCCC12CNCO2.CC(O)Cc1ncccn1. The average Bonchev–Trinajstić information content (AvgIpc) is 3.17. The number of amides is 1. The van der Waals surface area contributed by atoms with Crippen LogP contribution in [0.3, 0.4) is 0 Å². The summed E-state index contributed by atoms with van der Waals surface area (Å²) < 4.78 is 11.1. The van der Waals surface area contributed by atoms with Crippen molar-refractivity contribution in [2.45, 2.75) is 64.4 Å². The number of carbonyl (C=O) groups is 1. The van der Waals surface area contributed by atoms with Gasteiger partial charge in [-0.05, 0) is 46.6 Å². The Hall–Kier alpha value is -1.77. The molecule has 0 radical (unpaired) electrons. The number of likely N-dealkylation sites (tertiary alicyclic amines) is 1. The average molecular weight is 366 g/mol. The van der Waals surface area contributed by atoms with Crippen molar-refractivity contribution in [1.29, 1.82) is 0 Å². The van der Waals surface area contributed by atoms with E-state index in [9.17, 15) is 4.79 Å². The van der Waals surface area contributed by atoms with Crippen LogP contribution in [0.1, 0.15) is 46.4 Å². The summed E-state index contributed by atoms with van der Waals surface area (Å²) in [7, 11) is 0. The highest BCUT2D eigenvalue weighted by Gasteiger charge is 2.48. The zero-order valence-electron chi connectivity index (χ0n) is 16.1. The number of ether oxygens (including phenoxy) is 2. The minimum Gasteiger partial charge on any atom is -0.444 e. The van der Waals surface area contributed by atoms with Crippen molar-refractivity contribution in [3.8, 4) is 0 Å². The molecule has 1 aromatic rings. The van der Waals surface area contributed by atoms with Gasteiger partial charge >= 0.3 is 6.09 Å². The van der Waals surface area contributed by atoms with Crippen molar-refractivity contribution < 1.29 is 19.4 Å². The Kier molecular flexibility index (Phi) is 6.91. The van der Waals surface area contributed by atoms with E-state index in [-0.39, 0.29) is 12.2 Å². The highest BCUT2D eigenvalue weighted by atomic mass is 16.6. The van der Waals surface area contributed by atoms with Gasteiger partial charge in [-0.2, -0.15) is 0 Å². The minimum atomic E-state index is -0.456. The molecule has 2 aliphatic rings. The van der Waals surface area contributed by atoms with E-state index < -0.39 is 11.3 Å². The standard InChI is InChI=1S/C11H20N2O3.C7H10N2O/c1-10(2,3)16-9(14)13-6-4-5-11(13)7-12-8-15-11;1-6(10)5-7-8-3-2-4-9-7/h12H,4-8H2,1-3H3;2-4,6,10H,5H2,1H3.